The molecule has 1 aliphatic heterocycles. The van der Waals surface area contributed by atoms with E-state index in [4.69, 9.17) is 0 Å². The van der Waals surface area contributed by atoms with E-state index in [0.717, 1.165) is 12.0 Å². The van der Waals surface area contributed by atoms with Crippen LogP contribution in [0.5, 0.6) is 0 Å². The van der Waals surface area contributed by atoms with Crippen molar-refractivity contribution >= 4 is 0 Å². The van der Waals surface area contributed by atoms with Crippen molar-refractivity contribution in [3.63, 3.8) is 0 Å². The third-order valence-corrected chi connectivity index (χ3v) is 5.64. The molecule has 1 heterocycles. The van der Waals surface area contributed by atoms with Crippen LogP contribution in [-0.2, 0) is 0 Å². The summed E-state index contributed by atoms with van der Waals surface area (Å²) in [4.78, 5) is 2.86. The lowest BCUT2D eigenvalue weighted by atomic mass is 9.76. The average Bonchev–Trinajstić information content (AvgIpc) is 2.40. The first-order valence-electron chi connectivity index (χ1n) is 8.37. The van der Waals surface area contributed by atoms with Crippen LogP contribution < -0.4 is 0 Å². The van der Waals surface area contributed by atoms with Crippen molar-refractivity contribution in [3.05, 3.63) is 0 Å². The van der Waals surface area contributed by atoms with Gasteiger partial charge in [-0.3, -0.25) is 4.90 Å². The van der Waals surface area contributed by atoms with Gasteiger partial charge in [0.15, 0.2) is 0 Å². The Balaban J connectivity index is 1.94. The Hall–Kier alpha value is -0.0400. The third kappa shape index (κ3) is 3.50. The number of hydrogen-bond acceptors (Lipinski definition) is 1. The third-order valence-electron chi connectivity index (χ3n) is 5.64. The van der Waals surface area contributed by atoms with Crippen LogP contribution in [0.25, 0.3) is 0 Å². The summed E-state index contributed by atoms with van der Waals surface area (Å²) in [5, 5.41) is 0. The fourth-order valence-corrected chi connectivity index (χ4v) is 4.03. The zero-order chi connectivity index (χ0) is 13.0. The summed E-state index contributed by atoms with van der Waals surface area (Å²) in [5.41, 5.74) is 0.509. The Morgan fingerprint density at radius 2 is 1.61 bits per heavy atom. The predicted molar refractivity (Wildman–Crippen MR) is 79.9 cm³/mol. The maximum absolute atomic E-state index is 2.86. The molecule has 0 aromatic rings. The highest BCUT2D eigenvalue weighted by atomic mass is 15.2. The second-order valence-electron chi connectivity index (χ2n) is 7.35. The van der Waals surface area contributed by atoms with E-state index in [9.17, 15) is 0 Å². The van der Waals surface area contributed by atoms with Crippen molar-refractivity contribution in [1.29, 1.82) is 0 Å². The minimum Gasteiger partial charge on any atom is -0.300 e. The van der Waals surface area contributed by atoms with Crippen LogP contribution >= 0.6 is 0 Å². The predicted octanol–water partition coefficient (Wildman–Crippen LogP) is 4.86. The van der Waals surface area contributed by atoms with E-state index in [2.05, 4.69) is 25.7 Å². The maximum atomic E-state index is 2.86. The van der Waals surface area contributed by atoms with Gasteiger partial charge in [-0.2, -0.15) is 0 Å². The highest BCUT2D eigenvalue weighted by molar-refractivity contribution is 4.89. The quantitative estimate of drug-likeness (QED) is 0.690. The first-order chi connectivity index (χ1) is 8.63. The molecule has 0 spiro atoms. The van der Waals surface area contributed by atoms with E-state index in [1.807, 2.05) is 0 Å². The fraction of sp³-hybridized carbons (Fsp3) is 1.00. The maximum Gasteiger partial charge on any atom is 0.0146 e. The van der Waals surface area contributed by atoms with Gasteiger partial charge in [-0.1, -0.05) is 46.5 Å². The van der Waals surface area contributed by atoms with E-state index < -0.39 is 0 Å². The SMILES string of the molecule is CCC(C)(C)C1CCCCN1CC1CCCCC1. The van der Waals surface area contributed by atoms with Gasteiger partial charge in [-0.05, 0) is 50.0 Å². The molecule has 1 saturated carbocycles. The Labute approximate surface area is 114 Å². The molecule has 1 aliphatic carbocycles. The average molecular weight is 251 g/mol. The van der Waals surface area contributed by atoms with Crippen molar-refractivity contribution in [2.45, 2.75) is 84.6 Å². The fourth-order valence-electron chi connectivity index (χ4n) is 4.03. The van der Waals surface area contributed by atoms with Gasteiger partial charge >= 0.3 is 0 Å². The molecule has 0 bridgehead atoms. The lowest BCUT2D eigenvalue weighted by Gasteiger charge is -2.46. The van der Waals surface area contributed by atoms with Crippen LogP contribution in [0.15, 0.2) is 0 Å². The van der Waals surface area contributed by atoms with Gasteiger partial charge in [0.05, 0.1) is 0 Å². The lowest BCUT2D eigenvalue weighted by molar-refractivity contribution is 0.0339. The topological polar surface area (TPSA) is 3.24 Å². The van der Waals surface area contributed by atoms with Gasteiger partial charge in [0, 0.05) is 12.6 Å². The molecule has 18 heavy (non-hydrogen) atoms. The molecule has 1 saturated heterocycles. The largest absolute Gasteiger partial charge is 0.300 e. The van der Waals surface area contributed by atoms with E-state index in [1.165, 1.54) is 70.9 Å². The molecule has 2 rings (SSSR count). The Morgan fingerprint density at radius 1 is 0.944 bits per heavy atom. The first-order valence-corrected chi connectivity index (χ1v) is 8.37. The molecular formula is C17H33N. The summed E-state index contributed by atoms with van der Waals surface area (Å²) in [6, 6.07) is 0.846. The van der Waals surface area contributed by atoms with Gasteiger partial charge in [0.2, 0.25) is 0 Å². The molecule has 1 unspecified atom stereocenters. The molecule has 0 aromatic heterocycles. The van der Waals surface area contributed by atoms with E-state index >= 15 is 0 Å². The minimum absolute atomic E-state index is 0.509. The van der Waals surface area contributed by atoms with Crippen molar-refractivity contribution in [2.24, 2.45) is 11.3 Å². The number of piperidine rings is 1. The second-order valence-corrected chi connectivity index (χ2v) is 7.35. The summed E-state index contributed by atoms with van der Waals surface area (Å²) in [6.07, 6.45) is 13.1. The standard InChI is InChI=1S/C17H33N/c1-4-17(2,3)16-12-8-9-13-18(16)14-15-10-6-5-7-11-15/h15-16H,4-14H2,1-3H3. The Bertz CT molecular complexity index is 240. The molecule has 0 radical (unpaired) electrons. The summed E-state index contributed by atoms with van der Waals surface area (Å²) >= 11 is 0. The monoisotopic (exact) mass is 251 g/mol. The van der Waals surface area contributed by atoms with Gasteiger partial charge in [0.1, 0.15) is 0 Å². The van der Waals surface area contributed by atoms with E-state index in [0.29, 0.717) is 5.41 Å². The summed E-state index contributed by atoms with van der Waals surface area (Å²) in [6.45, 7) is 10.1. The first kappa shape index (κ1) is 14.4. The van der Waals surface area contributed by atoms with E-state index in [1.54, 1.807) is 0 Å². The summed E-state index contributed by atoms with van der Waals surface area (Å²) in [7, 11) is 0. The molecule has 1 atom stereocenters. The highest BCUT2D eigenvalue weighted by Crippen LogP contribution is 2.36. The van der Waals surface area contributed by atoms with E-state index in [-0.39, 0.29) is 0 Å². The van der Waals surface area contributed by atoms with Gasteiger partial charge in [-0.25, -0.2) is 0 Å². The highest BCUT2D eigenvalue weighted by Gasteiger charge is 2.35. The molecular weight excluding hydrogens is 218 g/mol. The minimum atomic E-state index is 0.509. The van der Waals surface area contributed by atoms with Gasteiger partial charge in [-0.15, -0.1) is 0 Å². The molecule has 1 nitrogen and oxygen atoms in total. The van der Waals surface area contributed by atoms with Crippen LogP contribution in [0.2, 0.25) is 0 Å². The van der Waals surface area contributed by atoms with Crippen molar-refractivity contribution in [3.8, 4) is 0 Å². The Kier molecular flexibility index (Phi) is 5.12. The molecule has 1 heteroatoms. The number of likely N-dealkylation sites (tertiary alicyclic amines) is 1. The van der Waals surface area contributed by atoms with Crippen LogP contribution in [-0.4, -0.2) is 24.0 Å². The van der Waals surface area contributed by atoms with Crippen LogP contribution in [0.4, 0.5) is 0 Å². The van der Waals surface area contributed by atoms with Gasteiger partial charge < -0.3 is 0 Å². The van der Waals surface area contributed by atoms with Crippen LogP contribution in [0, 0.1) is 11.3 Å². The molecule has 0 aromatic carbocycles. The smallest absolute Gasteiger partial charge is 0.0146 e. The molecule has 0 amide bonds. The Morgan fingerprint density at radius 3 is 2.28 bits per heavy atom. The molecule has 0 N–H and O–H groups in total. The van der Waals surface area contributed by atoms with Crippen LogP contribution in [0.1, 0.15) is 78.6 Å². The van der Waals surface area contributed by atoms with Crippen molar-refractivity contribution in [2.75, 3.05) is 13.1 Å². The van der Waals surface area contributed by atoms with Crippen molar-refractivity contribution in [1.82, 2.24) is 4.90 Å². The molecule has 106 valence electrons. The second kappa shape index (κ2) is 6.41. The molecule has 2 fully saturated rings. The van der Waals surface area contributed by atoms with Crippen molar-refractivity contribution < 1.29 is 0 Å². The summed E-state index contributed by atoms with van der Waals surface area (Å²) in [5.74, 6) is 1.01. The number of nitrogens with zero attached hydrogens (tertiary/aromatic N) is 1. The zero-order valence-corrected chi connectivity index (χ0v) is 12.9. The zero-order valence-electron chi connectivity index (χ0n) is 12.9. The number of hydrogen-bond donors (Lipinski definition) is 0. The van der Waals surface area contributed by atoms with Crippen LogP contribution in [0.3, 0.4) is 0 Å². The van der Waals surface area contributed by atoms with Gasteiger partial charge in [0.25, 0.3) is 0 Å². The number of rotatable bonds is 4. The molecule has 2 aliphatic rings. The normalized spacial score (nSPS) is 28.5. The summed E-state index contributed by atoms with van der Waals surface area (Å²) < 4.78 is 0. The lowest BCUT2D eigenvalue weighted by Crippen LogP contribution is -2.49.